The molecule has 0 saturated heterocycles. The monoisotopic (exact) mass is 630 g/mol. The molecule has 0 aromatic heterocycles. The van der Waals surface area contributed by atoms with Crippen molar-refractivity contribution in [3.8, 4) is 11.5 Å². The molecular weight excluding hydrogens is 587 g/mol. The normalized spacial score (nSPS) is 19.6. The zero-order valence-electron chi connectivity index (χ0n) is 24.6. The Morgan fingerprint density at radius 1 is 0.860 bits per heavy atom. The average Bonchev–Trinajstić information content (AvgIpc) is 2.93. The van der Waals surface area contributed by atoms with Crippen molar-refractivity contribution in [2.45, 2.75) is 119 Å². The average molecular weight is 631 g/mol. The van der Waals surface area contributed by atoms with Gasteiger partial charge in [0, 0.05) is 22.5 Å². The summed E-state index contributed by atoms with van der Waals surface area (Å²) in [6, 6.07) is 13.1. The Morgan fingerprint density at radius 3 is 2.02 bits per heavy atom. The molecule has 4 nitrogen and oxygen atoms in total. The van der Waals surface area contributed by atoms with Crippen LogP contribution in [0.15, 0.2) is 47.4 Å². The van der Waals surface area contributed by atoms with Crippen LogP contribution in [0.2, 0.25) is 0 Å². The molecule has 2 aromatic rings. The number of phenols is 2. The highest BCUT2D eigenvalue weighted by Crippen LogP contribution is 2.52. The molecule has 3 atom stereocenters. The van der Waals surface area contributed by atoms with E-state index in [2.05, 4.69) is 6.92 Å². The molecule has 0 amide bonds. The maximum absolute atomic E-state index is 13.0. The minimum Gasteiger partial charge on any atom is -0.508 e. The van der Waals surface area contributed by atoms with E-state index in [9.17, 15) is 42.1 Å². The highest BCUT2D eigenvalue weighted by Gasteiger charge is 2.56. The molecule has 1 aliphatic heterocycles. The first kappa shape index (κ1) is 35.0. The third-order valence-corrected chi connectivity index (χ3v) is 10.2. The molecule has 43 heavy (non-hydrogen) atoms. The number of thioether (sulfide) groups is 1. The first-order valence-corrected chi connectivity index (χ1v) is 16.2. The number of rotatable bonds is 17. The summed E-state index contributed by atoms with van der Waals surface area (Å²) in [5.74, 6) is -4.85. The fourth-order valence-corrected chi connectivity index (χ4v) is 7.51. The lowest BCUT2D eigenvalue weighted by Gasteiger charge is -2.43. The lowest BCUT2D eigenvalue weighted by atomic mass is 9.68. The number of aromatic hydroxyl groups is 2. The molecule has 1 unspecified atom stereocenters. The SMILES string of the molecule is C[C@]1(c2ccc(O)cc2)CSc2cc(O)ccc2[C@H]1CCCCCCCCCC(CCCCC(F)(F)C(F)(F)F)C(=O)O. The Hall–Kier alpha value is -2.49. The minimum atomic E-state index is -5.57. The van der Waals surface area contributed by atoms with Gasteiger partial charge in [-0.2, -0.15) is 22.0 Å². The first-order chi connectivity index (χ1) is 20.2. The van der Waals surface area contributed by atoms with Crippen molar-refractivity contribution in [1.29, 1.82) is 0 Å². The summed E-state index contributed by atoms with van der Waals surface area (Å²) in [4.78, 5) is 12.6. The van der Waals surface area contributed by atoms with E-state index >= 15 is 0 Å². The van der Waals surface area contributed by atoms with Gasteiger partial charge < -0.3 is 15.3 Å². The van der Waals surface area contributed by atoms with Crippen molar-refractivity contribution in [1.82, 2.24) is 0 Å². The molecule has 0 radical (unpaired) electrons. The van der Waals surface area contributed by atoms with Gasteiger partial charge >= 0.3 is 18.1 Å². The summed E-state index contributed by atoms with van der Waals surface area (Å²) < 4.78 is 62.9. The fraction of sp³-hybridized carbons (Fsp3) is 0.606. The van der Waals surface area contributed by atoms with E-state index in [4.69, 9.17) is 0 Å². The van der Waals surface area contributed by atoms with E-state index in [0.717, 1.165) is 55.6 Å². The zero-order valence-corrected chi connectivity index (χ0v) is 25.5. The predicted octanol–water partition coefficient (Wildman–Crippen LogP) is 10.2. The Kier molecular flexibility index (Phi) is 12.6. The molecule has 0 bridgehead atoms. The van der Waals surface area contributed by atoms with Crippen molar-refractivity contribution in [3.63, 3.8) is 0 Å². The molecule has 1 aliphatic rings. The van der Waals surface area contributed by atoms with E-state index in [1.165, 1.54) is 11.1 Å². The second-order valence-electron chi connectivity index (χ2n) is 12.1. The van der Waals surface area contributed by atoms with E-state index in [0.29, 0.717) is 12.8 Å². The van der Waals surface area contributed by atoms with E-state index in [1.807, 2.05) is 24.3 Å². The van der Waals surface area contributed by atoms with Crippen LogP contribution in [-0.2, 0) is 10.2 Å². The zero-order chi connectivity index (χ0) is 31.7. The standard InChI is InChI=1S/C33H43F5O4S/c1-31(24-14-16-25(39)17-15-24)22-43-29-21-26(40)18-19-27(29)28(31)13-8-6-4-2-3-5-7-11-23(30(41)42)12-9-10-20-32(34,35)33(36,37)38/h14-19,21,23,28,39-40H,2-13,20,22H2,1H3,(H,41,42)/t23?,28-,31-/m1/s1. The highest BCUT2D eigenvalue weighted by atomic mass is 32.2. The third kappa shape index (κ3) is 9.75. The van der Waals surface area contributed by atoms with Crippen LogP contribution in [0.1, 0.15) is 107 Å². The molecule has 2 aromatic carbocycles. The molecule has 3 N–H and O–H groups in total. The van der Waals surface area contributed by atoms with Crippen LogP contribution >= 0.6 is 11.8 Å². The molecule has 0 aliphatic carbocycles. The van der Waals surface area contributed by atoms with Gasteiger partial charge in [-0.3, -0.25) is 4.79 Å². The number of carboxylic acids is 1. The smallest absolute Gasteiger partial charge is 0.453 e. The summed E-state index contributed by atoms with van der Waals surface area (Å²) in [6.45, 7) is 2.27. The number of aliphatic carboxylic acids is 1. The number of unbranched alkanes of at least 4 members (excludes halogenated alkanes) is 7. The van der Waals surface area contributed by atoms with Gasteiger partial charge in [0.2, 0.25) is 0 Å². The summed E-state index contributed by atoms with van der Waals surface area (Å²) >= 11 is 1.75. The molecule has 1 heterocycles. The van der Waals surface area contributed by atoms with Crippen LogP contribution in [0.4, 0.5) is 22.0 Å². The van der Waals surface area contributed by atoms with Crippen LogP contribution in [0.25, 0.3) is 0 Å². The Balaban J connectivity index is 1.39. The molecule has 0 fully saturated rings. The second-order valence-corrected chi connectivity index (χ2v) is 13.1. The lowest BCUT2D eigenvalue weighted by molar-refractivity contribution is -0.284. The Bertz CT molecular complexity index is 1170. The van der Waals surface area contributed by atoms with Crippen molar-refractivity contribution in [3.05, 3.63) is 53.6 Å². The molecule has 3 rings (SSSR count). The van der Waals surface area contributed by atoms with Gasteiger partial charge in [-0.1, -0.05) is 76.5 Å². The predicted molar refractivity (Wildman–Crippen MR) is 159 cm³/mol. The summed E-state index contributed by atoms with van der Waals surface area (Å²) in [5, 5.41) is 29.2. The molecule has 10 heteroatoms. The second kappa shape index (κ2) is 15.5. The van der Waals surface area contributed by atoms with E-state index in [1.54, 1.807) is 30.0 Å². The first-order valence-electron chi connectivity index (χ1n) is 15.2. The quantitative estimate of drug-likeness (QED) is 0.120. The third-order valence-electron chi connectivity index (χ3n) is 8.80. The van der Waals surface area contributed by atoms with Crippen molar-refractivity contribution in [2.75, 3.05) is 5.75 Å². The van der Waals surface area contributed by atoms with Gasteiger partial charge in [-0.25, -0.2) is 0 Å². The number of hydrogen-bond acceptors (Lipinski definition) is 4. The number of carboxylic acid groups (broad SMARTS) is 1. The lowest BCUT2D eigenvalue weighted by Crippen LogP contribution is -2.36. The summed E-state index contributed by atoms with van der Waals surface area (Å²) in [7, 11) is 0. The van der Waals surface area contributed by atoms with E-state index in [-0.39, 0.29) is 42.1 Å². The molecule has 0 spiro atoms. The number of benzene rings is 2. The molecule has 240 valence electrons. The number of alkyl halides is 5. The topological polar surface area (TPSA) is 77.8 Å². The largest absolute Gasteiger partial charge is 0.508 e. The van der Waals surface area contributed by atoms with Gasteiger partial charge in [0.15, 0.2) is 0 Å². The maximum atomic E-state index is 13.0. The Labute approximate surface area is 255 Å². The van der Waals surface area contributed by atoms with Crippen LogP contribution < -0.4 is 0 Å². The number of phenolic OH excluding ortho intramolecular Hbond substituents is 2. The Morgan fingerprint density at radius 2 is 1.42 bits per heavy atom. The number of hydrogen-bond donors (Lipinski definition) is 3. The van der Waals surface area contributed by atoms with Crippen LogP contribution in [0.3, 0.4) is 0 Å². The van der Waals surface area contributed by atoms with Gasteiger partial charge in [-0.15, -0.1) is 11.8 Å². The van der Waals surface area contributed by atoms with Gasteiger partial charge in [0.05, 0.1) is 5.92 Å². The minimum absolute atomic E-state index is 0.0275. The fourth-order valence-electron chi connectivity index (χ4n) is 6.10. The van der Waals surface area contributed by atoms with Gasteiger partial charge in [0.25, 0.3) is 0 Å². The van der Waals surface area contributed by atoms with Crippen molar-refractivity contribution >= 4 is 17.7 Å². The van der Waals surface area contributed by atoms with Gasteiger partial charge in [0.1, 0.15) is 11.5 Å². The number of fused-ring (bicyclic) bond motifs is 1. The molecular formula is C33H43F5O4S. The van der Waals surface area contributed by atoms with Crippen LogP contribution in [0, 0.1) is 5.92 Å². The summed E-state index contributed by atoms with van der Waals surface area (Å²) in [5.41, 5.74) is 2.30. The van der Waals surface area contributed by atoms with E-state index < -0.39 is 30.4 Å². The molecule has 0 saturated carbocycles. The summed E-state index contributed by atoms with van der Waals surface area (Å²) in [6.07, 6.45) is 0.939. The van der Waals surface area contributed by atoms with Crippen LogP contribution in [0.5, 0.6) is 11.5 Å². The van der Waals surface area contributed by atoms with Crippen LogP contribution in [-0.4, -0.2) is 39.1 Å². The van der Waals surface area contributed by atoms with Gasteiger partial charge in [-0.05, 0) is 67.0 Å². The maximum Gasteiger partial charge on any atom is 0.453 e. The number of halogens is 5. The highest BCUT2D eigenvalue weighted by molar-refractivity contribution is 7.99. The van der Waals surface area contributed by atoms with Crippen molar-refractivity contribution in [2.24, 2.45) is 5.92 Å². The number of carbonyl (C=O) groups is 1. The van der Waals surface area contributed by atoms with Crippen molar-refractivity contribution < 1.29 is 42.1 Å².